The summed E-state index contributed by atoms with van der Waals surface area (Å²) in [5.74, 6) is 0.772. The standard InChI is InChI=1S/C10H12ClNO/c11-8-4-1-3-7-9(12)5-2-6-13-10(7)8/h1,3-4,9H,2,5-6,12H2/t9-/m1/s1. The average Bonchev–Trinajstić information content (AvgIpc) is 2.30. The molecule has 2 N–H and O–H groups in total. The SMILES string of the molecule is N[C@@H]1CCCOc2c(Cl)cccc21. The fourth-order valence-electron chi connectivity index (χ4n) is 1.60. The molecule has 1 aromatic carbocycles. The van der Waals surface area contributed by atoms with Crippen molar-refractivity contribution in [1.82, 2.24) is 0 Å². The summed E-state index contributed by atoms with van der Waals surface area (Å²) in [6.07, 6.45) is 1.96. The van der Waals surface area contributed by atoms with Crippen molar-refractivity contribution in [1.29, 1.82) is 0 Å². The largest absolute Gasteiger partial charge is 0.492 e. The molecule has 0 fully saturated rings. The highest BCUT2D eigenvalue weighted by Crippen LogP contribution is 2.35. The Balaban J connectivity index is 2.47. The molecule has 0 bridgehead atoms. The molecule has 0 saturated heterocycles. The minimum absolute atomic E-state index is 0.0659. The third-order valence-electron chi connectivity index (χ3n) is 2.30. The number of hydrogen-bond donors (Lipinski definition) is 1. The van der Waals surface area contributed by atoms with Crippen LogP contribution in [0.15, 0.2) is 18.2 Å². The zero-order valence-corrected chi connectivity index (χ0v) is 8.05. The summed E-state index contributed by atoms with van der Waals surface area (Å²) in [6, 6.07) is 5.79. The van der Waals surface area contributed by atoms with E-state index >= 15 is 0 Å². The monoisotopic (exact) mass is 197 g/mol. The second-order valence-corrected chi connectivity index (χ2v) is 3.66. The second-order valence-electron chi connectivity index (χ2n) is 3.26. The fraction of sp³-hybridized carbons (Fsp3) is 0.400. The molecule has 1 aromatic rings. The molecule has 0 unspecified atom stereocenters. The maximum absolute atomic E-state index is 6.00. The Morgan fingerprint density at radius 3 is 3.15 bits per heavy atom. The lowest BCUT2D eigenvalue weighted by atomic mass is 10.0. The first-order valence-corrected chi connectivity index (χ1v) is 4.83. The van der Waals surface area contributed by atoms with Gasteiger partial charge in [-0.25, -0.2) is 0 Å². The van der Waals surface area contributed by atoms with E-state index in [2.05, 4.69) is 0 Å². The lowest BCUT2D eigenvalue weighted by Crippen LogP contribution is -2.08. The van der Waals surface area contributed by atoms with Gasteiger partial charge in [0.1, 0.15) is 5.75 Å². The van der Waals surface area contributed by atoms with E-state index in [1.165, 1.54) is 0 Å². The Bertz CT molecular complexity index is 314. The van der Waals surface area contributed by atoms with Crippen LogP contribution in [0.5, 0.6) is 5.75 Å². The quantitative estimate of drug-likeness (QED) is 0.694. The van der Waals surface area contributed by atoms with Crippen LogP contribution in [0, 0.1) is 0 Å². The molecule has 0 radical (unpaired) electrons. The molecule has 1 heterocycles. The lowest BCUT2D eigenvalue weighted by Gasteiger charge is -2.12. The molecule has 70 valence electrons. The van der Waals surface area contributed by atoms with Gasteiger partial charge < -0.3 is 10.5 Å². The van der Waals surface area contributed by atoms with Crippen molar-refractivity contribution in [3.8, 4) is 5.75 Å². The minimum atomic E-state index is 0.0659. The number of rotatable bonds is 0. The molecular formula is C10H12ClNO. The van der Waals surface area contributed by atoms with Crippen LogP contribution in [-0.2, 0) is 0 Å². The van der Waals surface area contributed by atoms with Crippen LogP contribution < -0.4 is 10.5 Å². The number of hydrogen-bond acceptors (Lipinski definition) is 2. The predicted octanol–water partition coefficient (Wildman–Crippen LogP) is 2.51. The molecule has 0 aliphatic carbocycles. The van der Waals surface area contributed by atoms with Crippen LogP contribution in [0.2, 0.25) is 5.02 Å². The van der Waals surface area contributed by atoms with E-state index in [1.807, 2.05) is 18.2 Å². The normalized spacial score (nSPS) is 21.5. The van der Waals surface area contributed by atoms with Crippen molar-refractivity contribution >= 4 is 11.6 Å². The van der Waals surface area contributed by atoms with Gasteiger partial charge in [0.15, 0.2) is 0 Å². The molecule has 1 atom stereocenters. The van der Waals surface area contributed by atoms with Crippen molar-refractivity contribution in [2.75, 3.05) is 6.61 Å². The topological polar surface area (TPSA) is 35.2 Å². The first-order valence-electron chi connectivity index (χ1n) is 4.46. The fourth-order valence-corrected chi connectivity index (χ4v) is 1.84. The van der Waals surface area contributed by atoms with Crippen molar-refractivity contribution in [3.63, 3.8) is 0 Å². The molecule has 1 aliphatic rings. The highest BCUT2D eigenvalue weighted by Gasteiger charge is 2.17. The van der Waals surface area contributed by atoms with E-state index in [9.17, 15) is 0 Å². The van der Waals surface area contributed by atoms with Crippen molar-refractivity contribution in [3.05, 3.63) is 28.8 Å². The number of benzene rings is 1. The zero-order chi connectivity index (χ0) is 9.26. The molecule has 2 nitrogen and oxygen atoms in total. The highest BCUT2D eigenvalue weighted by molar-refractivity contribution is 6.32. The summed E-state index contributed by atoms with van der Waals surface area (Å²) in [4.78, 5) is 0. The molecule has 1 aliphatic heterocycles. The summed E-state index contributed by atoms with van der Waals surface area (Å²) in [6.45, 7) is 0.713. The summed E-state index contributed by atoms with van der Waals surface area (Å²) in [5.41, 5.74) is 7.01. The zero-order valence-electron chi connectivity index (χ0n) is 7.29. The Hall–Kier alpha value is -0.730. The maximum atomic E-state index is 6.00. The van der Waals surface area contributed by atoms with Crippen molar-refractivity contribution in [2.45, 2.75) is 18.9 Å². The first-order chi connectivity index (χ1) is 6.29. The molecule has 0 amide bonds. The Morgan fingerprint density at radius 2 is 2.31 bits per heavy atom. The number of fused-ring (bicyclic) bond motifs is 1. The second kappa shape index (κ2) is 3.56. The molecule has 0 spiro atoms. The molecule has 13 heavy (non-hydrogen) atoms. The van der Waals surface area contributed by atoms with Crippen LogP contribution in [0.1, 0.15) is 24.4 Å². The van der Waals surface area contributed by atoms with E-state index in [-0.39, 0.29) is 6.04 Å². The van der Waals surface area contributed by atoms with Crippen LogP contribution in [0.25, 0.3) is 0 Å². The molecule has 0 aromatic heterocycles. The number of para-hydroxylation sites is 1. The van der Waals surface area contributed by atoms with Crippen LogP contribution in [0.4, 0.5) is 0 Å². The first kappa shape index (κ1) is 8.85. The van der Waals surface area contributed by atoms with Gasteiger partial charge in [-0.05, 0) is 18.9 Å². The van der Waals surface area contributed by atoms with Gasteiger partial charge in [-0.1, -0.05) is 23.7 Å². The predicted molar refractivity (Wildman–Crippen MR) is 53.1 cm³/mol. The van der Waals surface area contributed by atoms with Gasteiger partial charge in [-0.3, -0.25) is 0 Å². The van der Waals surface area contributed by atoms with E-state index < -0.39 is 0 Å². The van der Waals surface area contributed by atoms with Gasteiger partial charge in [0.05, 0.1) is 11.6 Å². The lowest BCUT2D eigenvalue weighted by molar-refractivity contribution is 0.316. The Kier molecular flexibility index (Phi) is 2.42. The highest BCUT2D eigenvalue weighted by atomic mass is 35.5. The summed E-state index contributed by atoms with van der Waals surface area (Å²) >= 11 is 6.00. The van der Waals surface area contributed by atoms with Crippen LogP contribution in [-0.4, -0.2) is 6.61 Å². The Morgan fingerprint density at radius 1 is 1.46 bits per heavy atom. The van der Waals surface area contributed by atoms with Crippen molar-refractivity contribution in [2.24, 2.45) is 5.73 Å². The summed E-state index contributed by atoms with van der Waals surface area (Å²) in [5, 5.41) is 0.662. The van der Waals surface area contributed by atoms with Gasteiger partial charge in [0.2, 0.25) is 0 Å². The molecule has 2 rings (SSSR count). The smallest absolute Gasteiger partial charge is 0.142 e. The number of nitrogens with two attached hydrogens (primary N) is 1. The van der Waals surface area contributed by atoms with Gasteiger partial charge in [-0.15, -0.1) is 0 Å². The number of halogens is 1. The summed E-state index contributed by atoms with van der Waals surface area (Å²) < 4.78 is 5.54. The van der Waals surface area contributed by atoms with E-state index in [4.69, 9.17) is 22.1 Å². The van der Waals surface area contributed by atoms with Crippen LogP contribution >= 0.6 is 11.6 Å². The minimum Gasteiger partial charge on any atom is -0.492 e. The van der Waals surface area contributed by atoms with Gasteiger partial charge in [-0.2, -0.15) is 0 Å². The van der Waals surface area contributed by atoms with Crippen molar-refractivity contribution < 1.29 is 4.74 Å². The van der Waals surface area contributed by atoms with E-state index in [1.54, 1.807) is 0 Å². The van der Waals surface area contributed by atoms with Gasteiger partial charge in [0.25, 0.3) is 0 Å². The molecular weight excluding hydrogens is 186 g/mol. The number of ether oxygens (including phenoxy) is 1. The molecule has 3 heteroatoms. The Labute approximate surface area is 82.6 Å². The molecule has 0 saturated carbocycles. The summed E-state index contributed by atoms with van der Waals surface area (Å²) in [7, 11) is 0. The van der Waals surface area contributed by atoms with Gasteiger partial charge >= 0.3 is 0 Å². The maximum Gasteiger partial charge on any atom is 0.142 e. The van der Waals surface area contributed by atoms with Gasteiger partial charge in [0, 0.05) is 11.6 Å². The van der Waals surface area contributed by atoms with E-state index in [0.29, 0.717) is 11.6 Å². The van der Waals surface area contributed by atoms with E-state index in [0.717, 1.165) is 24.2 Å². The third-order valence-corrected chi connectivity index (χ3v) is 2.60. The third kappa shape index (κ3) is 1.64. The average molecular weight is 198 g/mol. The van der Waals surface area contributed by atoms with Crippen LogP contribution in [0.3, 0.4) is 0 Å².